The van der Waals surface area contributed by atoms with Crippen molar-refractivity contribution < 1.29 is 4.79 Å². The summed E-state index contributed by atoms with van der Waals surface area (Å²) in [5.74, 6) is 0.293. The second kappa shape index (κ2) is 8.98. The van der Waals surface area contributed by atoms with Crippen LogP contribution in [0.5, 0.6) is 0 Å². The van der Waals surface area contributed by atoms with Crippen molar-refractivity contribution in [1.29, 1.82) is 0 Å². The van der Waals surface area contributed by atoms with Crippen molar-refractivity contribution in [2.24, 2.45) is 11.7 Å². The van der Waals surface area contributed by atoms with E-state index < -0.39 is 6.04 Å². The molecule has 0 bridgehead atoms. The highest BCUT2D eigenvalue weighted by Gasteiger charge is 2.15. The summed E-state index contributed by atoms with van der Waals surface area (Å²) in [7, 11) is 0. The lowest BCUT2D eigenvalue weighted by Gasteiger charge is -2.13. The molecule has 1 amide bonds. The van der Waals surface area contributed by atoms with Gasteiger partial charge in [-0.25, -0.2) is 4.98 Å². The number of aromatic nitrogens is 2. The molecule has 2 rings (SSSR count). The van der Waals surface area contributed by atoms with Crippen LogP contribution in [0.25, 0.3) is 5.65 Å². The highest BCUT2D eigenvalue weighted by atomic mass is 35.5. The standard InChI is InChI=1S/C15H22N4O.2ClH/c1-10(2)7-13(16)15(20)17-8-12-9-19-6-4-5-11(3)14(19)18-12;;/h4-6,9-10,13H,7-8,16H2,1-3H3,(H,17,20);2*1H/t13-;;/m0../s1. The van der Waals surface area contributed by atoms with Gasteiger partial charge < -0.3 is 15.5 Å². The molecule has 7 heteroatoms. The van der Waals surface area contributed by atoms with Gasteiger partial charge in [0.05, 0.1) is 18.3 Å². The molecule has 0 unspecified atom stereocenters. The zero-order valence-corrected chi connectivity index (χ0v) is 14.7. The number of rotatable bonds is 5. The van der Waals surface area contributed by atoms with E-state index in [1.807, 2.05) is 35.9 Å². The Bertz CT molecular complexity index is 613. The fraction of sp³-hybridized carbons (Fsp3) is 0.467. The van der Waals surface area contributed by atoms with Gasteiger partial charge in [0.2, 0.25) is 5.91 Å². The lowest BCUT2D eigenvalue weighted by molar-refractivity contribution is -0.122. The largest absolute Gasteiger partial charge is 0.349 e. The van der Waals surface area contributed by atoms with Gasteiger partial charge in [-0.1, -0.05) is 19.9 Å². The number of nitrogens with zero attached hydrogens (tertiary/aromatic N) is 2. The summed E-state index contributed by atoms with van der Waals surface area (Å²) in [6, 6.07) is 3.54. The highest BCUT2D eigenvalue weighted by molar-refractivity contribution is 5.85. The molecule has 0 spiro atoms. The summed E-state index contributed by atoms with van der Waals surface area (Å²) in [5.41, 5.74) is 8.71. The minimum Gasteiger partial charge on any atom is -0.349 e. The minimum atomic E-state index is -0.450. The number of hydrogen-bond donors (Lipinski definition) is 2. The maximum absolute atomic E-state index is 11.9. The summed E-state index contributed by atoms with van der Waals surface area (Å²) in [6.07, 6.45) is 4.57. The van der Waals surface area contributed by atoms with Crippen LogP contribution in [0.3, 0.4) is 0 Å². The lowest BCUT2D eigenvalue weighted by Crippen LogP contribution is -2.41. The smallest absolute Gasteiger partial charge is 0.237 e. The van der Waals surface area contributed by atoms with Gasteiger partial charge in [0.1, 0.15) is 5.65 Å². The first kappa shape index (κ1) is 20.7. The van der Waals surface area contributed by atoms with Gasteiger partial charge in [-0.05, 0) is 30.9 Å². The van der Waals surface area contributed by atoms with E-state index in [4.69, 9.17) is 5.73 Å². The quantitative estimate of drug-likeness (QED) is 0.873. The molecular weight excluding hydrogens is 323 g/mol. The molecule has 0 aliphatic carbocycles. The number of nitrogens with two attached hydrogens (primary N) is 1. The normalized spacial score (nSPS) is 11.7. The molecule has 2 aromatic heterocycles. The van der Waals surface area contributed by atoms with Crippen molar-refractivity contribution in [2.75, 3.05) is 0 Å². The Morgan fingerprint density at radius 3 is 2.68 bits per heavy atom. The van der Waals surface area contributed by atoms with Gasteiger partial charge in [-0.3, -0.25) is 4.79 Å². The van der Waals surface area contributed by atoms with E-state index in [9.17, 15) is 4.79 Å². The molecule has 22 heavy (non-hydrogen) atoms. The molecule has 0 aliphatic rings. The van der Waals surface area contributed by atoms with Crippen molar-refractivity contribution in [2.45, 2.75) is 39.8 Å². The van der Waals surface area contributed by atoms with Gasteiger partial charge in [0, 0.05) is 12.4 Å². The van der Waals surface area contributed by atoms with Gasteiger partial charge in [-0.2, -0.15) is 0 Å². The molecule has 124 valence electrons. The van der Waals surface area contributed by atoms with E-state index in [0.717, 1.165) is 16.9 Å². The molecular formula is C15H24Cl2N4O. The monoisotopic (exact) mass is 346 g/mol. The average molecular weight is 347 g/mol. The first-order chi connectivity index (χ1) is 9.47. The van der Waals surface area contributed by atoms with Gasteiger partial charge >= 0.3 is 0 Å². The van der Waals surface area contributed by atoms with Crippen LogP contribution in [0.2, 0.25) is 0 Å². The number of fused-ring (bicyclic) bond motifs is 1. The molecule has 2 aromatic rings. The number of halogens is 2. The molecule has 2 heterocycles. The topological polar surface area (TPSA) is 72.4 Å². The van der Waals surface area contributed by atoms with Crippen molar-refractivity contribution in [3.63, 3.8) is 0 Å². The van der Waals surface area contributed by atoms with Crippen LogP contribution in [-0.4, -0.2) is 21.3 Å². The Balaban J connectivity index is 0.00000220. The number of carbonyl (C=O) groups excluding carboxylic acids is 1. The van der Waals surface area contributed by atoms with Gasteiger partial charge in [0.15, 0.2) is 0 Å². The predicted octanol–water partition coefficient (Wildman–Crippen LogP) is 2.48. The average Bonchev–Trinajstić information content (AvgIpc) is 2.79. The maximum Gasteiger partial charge on any atom is 0.237 e. The van der Waals surface area contributed by atoms with E-state index in [0.29, 0.717) is 18.9 Å². The molecule has 1 atom stereocenters. The maximum atomic E-state index is 11.9. The van der Waals surface area contributed by atoms with Crippen LogP contribution in [-0.2, 0) is 11.3 Å². The third-order valence-corrected chi connectivity index (χ3v) is 3.23. The number of aryl methyl sites for hydroxylation is 1. The molecule has 0 saturated heterocycles. The SMILES string of the molecule is Cc1cccn2cc(CNC(=O)[C@@H](N)CC(C)C)nc12.Cl.Cl. The highest BCUT2D eigenvalue weighted by Crippen LogP contribution is 2.10. The molecule has 0 saturated carbocycles. The summed E-state index contributed by atoms with van der Waals surface area (Å²) >= 11 is 0. The van der Waals surface area contributed by atoms with Crippen LogP contribution < -0.4 is 11.1 Å². The number of imidazole rings is 1. The van der Waals surface area contributed by atoms with E-state index >= 15 is 0 Å². The first-order valence-electron chi connectivity index (χ1n) is 6.94. The summed E-state index contributed by atoms with van der Waals surface area (Å²) < 4.78 is 1.96. The summed E-state index contributed by atoms with van der Waals surface area (Å²) in [4.78, 5) is 16.4. The molecule has 3 N–H and O–H groups in total. The van der Waals surface area contributed by atoms with Crippen LogP contribution in [0.15, 0.2) is 24.5 Å². The van der Waals surface area contributed by atoms with Crippen molar-refractivity contribution in [3.05, 3.63) is 35.8 Å². The zero-order valence-electron chi connectivity index (χ0n) is 13.1. The third kappa shape index (κ3) is 5.16. The van der Waals surface area contributed by atoms with Crippen molar-refractivity contribution in [3.8, 4) is 0 Å². The van der Waals surface area contributed by atoms with Gasteiger partial charge in [0.25, 0.3) is 0 Å². The number of pyridine rings is 1. The number of carbonyl (C=O) groups is 1. The zero-order chi connectivity index (χ0) is 14.7. The summed E-state index contributed by atoms with van der Waals surface area (Å²) in [5, 5.41) is 2.84. The van der Waals surface area contributed by atoms with E-state index in [1.165, 1.54) is 0 Å². The van der Waals surface area contributed by atoms with Crippen LogP contribution in [0, 0.1) is 12.8 Å². The minimum absolute atomic E-state index is 0. The Kier molecular flexibility index (Phi) is 8.45. The number of hydrogen-bond acceptors (Lipinski definition) is 3. The molecule has 5 nitrogen and oxygen atoms in total. The van der Waals surface area contributed by atoms with E-state index in [2.05, 4.69) is 24.1 Å². The fourth-order valence-corrected chi connectivity index (χ4v) is 2.21. The molecule has 0 aliphatic heterocycles. The van der Waals surface area contributed by atoms with Gasteiger partial charge in [-0.15, -0.1) is 24.8 Å². The van der Waals surface area contributed by atoms with E-state index in [-0.39, 0.29) is 30.7 Å². The van der Waals surface area contributed by atoms with Crippen LogP contribution >= 0.6 is 24.8 Å². The number of nitrogens with one attached hydrogen (secondary N) is 1. The Morgan fingerprint density at radius 2 is 2.09 bits per heavy atom. The van der Waals surface area contributed by atoms with Crippen LogP contribution in [0.1, 0.15) is 31.5 Å². The van der Waals surface area contributed by atoms with E-state index in [1.54, 1.807) is 0 Å². The first-order valence-corrected chi connectivity index (χ1v) is 6.94. The Hall–Kier alpha value is -1.30. The summed E-state index contributed by atoms with van der Waals surface area (Å²) in [6.45, 7) is 6.53. The molecule has 0 fully saturated rings. The van der Waals surface area contributed by atoms with Crippen molar-refractivity contribution >= 4 is 36.4 Å². The predicted molar refractivity (Wildman–Crippen MR) is 93.7 cm³/mol. The van der Waals surface area contributed by atoms with Crippen LogP contribution in [0.4, 0.5) is 0 Å². The fourth-order valence-electron chi connectivity index (χ4n) is 2.21. The lowest BCUT2D eigenvalue weighted by atomic mass is 10.0. The van der Waals surface area contributed by atoms with Crippen molar-refractivity contribution in [1.82, 2.24) is 14.7 Å². The Labute approximate surface area is 143 Å². The molecule has 0 radical (unpaired) electrons. The Morgan fingerprint density at radius 1 is 1.41 bits per heavy atom. The number of amides is 1. The second-order valence-electron chi connectivity index (χ2n) is 5.61. The second-order valence-corrected chi connectivity index (χ2v) is 5.61. The molecule has 0 aromatic carbocycles. The third-order valence-electron chi connectivity index (χ3n) is 3.23.